The lowest BCUT2D eigenvalue weighted by molar-refractivity contribution is -0.428. The number of nitrogens with zero attached hydrogens (tertiary/aromatic N) is 2. The number of carbonyl (C=O) groups excluding carboxylic acids is 1. The minimum atomic E-state index is -2.63. The van der Waals surface area contributed by atoms with E-state index in [4.69, 9.17) is 0 Å². The molecule has 1 atom stereocenters. The molecule has 0 aliphatic heterocycles. The fraction of sp³-hybridized carbons (Fsp3) is 0.500. The first-order chi connectivity index (χ1) is 8.75. The van der Waals surface area contributed by atoms with Gasteiger partial charge in [0.2, 0.25) is 5.70 Å². The van der Waals surface area contributed by atoms with Crippen molar-refractivity contribution in [1.29, 1.82) is 0 Å². The van der Waals surface area contributed by atoms with Crippen LogP contribution in [0.4, 0.5) is 0 Å². The number of carbonyl (C=O) groups is 1. The smallest absolute Gasteiger partial charge is 0.246 e. The van der Waals surface area contributed by atoms with Gasteiger partial charge in [-0.05, 0) is 32.3 Å². The van der Waals surface area contributed by atoms with E-state index in [0.29, 0.717) is 24.3 Å². The summed E-state index contributed by atoms with van der Waals surface area (Å²) in [7, 11) is -0.987. The predicted octanol–water partition coefficient (Wildman–Crippen LogP) is 1.37. The van der Waals surface area contributed by atoms with Crippen molar-refractivity contribution in [2.24, 2.45) is 0 Å². The van der Waals surface area contributed by atoms with Gasteiger partial charge >= 0.3 is 0 Å². The molecule has 1 aliphatic rings. The van der Waals surface area contributed by atoms with Crippen molar-refractivity contribution in [2.75, 3.05) is 13.6 Å². The molecule has 0 amide bonds. The van der Waals surface area contributed by atoms with Gasteiger partial charge in [0.15, 0.2) is 0 Å². The summed E-state index contributed by atoms with van der Waals surface area (Å²) in [5.41, 5.74) is 0.116. The Morgan fingerprint density at radius 1 is 1.53 bits per heavy atom. The molecule has 0 fully saturated rings. The summed E-state index contributed by atoms with van der Waals surface area (Å²) in [6, 6.07) is 0. The highest BCUT2D eigenvalue weighted by atomic mass is 32.2. The normalized spacial score (nSPS) is 18.5. The highest BCUT2D eigenvalue weighted by Gasteiger charge is 2.22. The molecule has 0 aromatic rings. The van der Waals surface area contributed by atoms with Gasteiger partial charge in [0, 0.05) is 30.4 Å². The summed E-state index contributed by atoms with van der Waals surface area (Å²) in [6.07, 6.45) is 3.82. The monoisotopic (exact) mass is 286 g/mol. The Bertz CT molecular complexity index is 546. The lowest BCUT2D eigenvalue weighted by Gasteiger charge is -2.24. The van der Waals surface area contributed by atoms with Gasteiger partial charge in [0.1, 0.15) is 5.78 Å². The molecule has 0 aromatic heterocycles. The third kappa shape index (κ3) is 4.00. The van der Waals surface area contributed by atoms with E-state index < -0.39 is 14.6 Å². The SMILES string of the molecule is C=S(=O)(C1=CC=C([N+](=O)[O-])CC1)N(C)CCC(C)=O. The van der Waals surface area contributed by atoms with Gasteiger partial charge in [-0.15, -0.1) is 0 Å². The van der Waals surface area contributed by atoms with Crippen LogP contribution in [0.2, 0.25) is 0 Å². The molecule has 1 aliphatic carbocycles. The number of nitro groups is 1. The zero-order valence-electron chi connectivity index (χ0n) is 11.1. The quantitative estimate of drug-likeness (QED) is 0.419. The number of Topliss-reactive ketones (excluding diaryl/α,β-unsaturated/α-hetero) is 1. The van der Waals surface area contributed by atoms with Crippen molar-refractivity contribution in [3.63, 3.8) is 0 Å². The second kappa shape index (κ2) is 6.12. The van der Waals surface area contributed by atoms with Crippen LogP contribution in [0.5, 0.6) is 0 Å². The highest BCUT2D eigenvalue weighted by molar-refractivity contribution is 8.01. The summed E-state index contributed by atoms with van der Waals surface area (Å²) in [6.45, 7) is 1.84. The summed E-state index contributed by atoms with van der Waals surface area (Å²) in [4.78, 5) is 21.7. The standard InChI is InChI=1S/C12H18N2O4S/c1-10(15)8-9-13(2)19(3,18)12-6-4-11(5-7-12)14(16)17/h4,6H,3,5,7-9H2,1-2H3. The van der Waals surface area contributed by atoms with E-state index in [0.717, 1.165) is 0 Å². The fourth-order valence-electron chi connectivity index (χ4n) is 1.69. The first-order valence-electron chi connectivity index (χ1n) is 5.87. The Balaban J connectivity index is 2.84. The predicted molar refractivity (Wildman–Crippen MR) is 75.6 cm³/mol. The zero-order valence-corrected chi connectivity index (χ0v) is 11.9. The Hall–Kier alpha value is -1.47. The van der Waals surface area contributed by atoms with E-state index in [1.165, 1.54) is 19.1 Å². The van der Waals surface area contributed by atoms with Gasteiger partial charge in [-0.2, -0.15) is 0 Å². The number of hydrogen-bond acceptors (Lipinski definition) is 4. The molecule has 0 spiro atoms. The Morgan fingerprint density at radius 2 is 2.16 bits per heavy atom. The number of rotatable bonds is 6. The van der Waals surface area contributed by atoms with Crippen LogP contribution in [0.3, 0.4) is 0 Å². The first-order valence-corrected chi connectivity index (χ1v) is 7.55. The van der Waals surface area contributed by atoms with Crippen LogP contribution in [0.25, 0.3) is 0 Å². The van der Waals surface area contributed by atoms with Crippen molar-refractivity contribution >= 4 is 21.4 Å². The molecule has 106 valence electrons. The van der Waals surface area contributed by atoms with Crippen LogP contribution < -0.4 is 0 Å². The van der Waals surface area contributed by atoms with E-state index in [1.54, 1.807) is 11.4 Å². The fourth-order valence-corrected chi connectivity index (χ4v) is 3.18. The van der Waals surface area contributed by atoms with E-state index in [2.05, 4.69) is 5.87 Å². The van der Waals surface area contributed by atoms with Gasteiger partial charge in [0.25, 0.3) is 0 Å². The molecule has 7 heteroatoms. The topological polar surface area (TPSA) is 80.5 Å². The molecule has 0 bridgehead atoms. The van der Waals surface area contributed by atoms with Gasteiger partial charge < -0.3 is 0 Å². The lowest BCUT2D eigenvalue weighted by Crippen LogP contribution is -2.30. The average Bonchev–Trinajstić information content (AvgIpc) is 2.35. The van der Waals surface area contributed by atoms with E-state index in [9.17, 15) is 19.1 Å². The summed E-state index contributed by atoms with van der Waals surface area (Å²) in [5.74, 6) is 3.74. The lowest BCUT2D eigenvalue weighted by atomic mass is 10.1. The van der Waals surface area contributed by atoms with Crippen molar-refractivity contribution in [1.82, 2.24) is 4.31 Å². The van der Waals surface area contributed by atoms with Crippen molar-refractivity contribution in [3.8, 4) is 0 Å². The first kappa shape index (κ1) is 15.6. The Kier molecular flexibility index (Phi) is 5.02. The maximum atomic E-state index is 12.6. The zero-order chi connectivity index (χ0) is 14.6. The maximum absolute atomic E-state index is 12.6. The molecule has 0 saturated heterocycles. The largest absolute Gasteiger partial charge is 0.300 e. The average molecular weight is 286 g/mol. The molecule has 0 N–H and O–H groups in total. The molecule has 6 nitrogen and oxygen atoms in total. The number of allylic oxidation sites excluding steroid dienone is 4. The van der Waals surface area contributed by atoms with E-state index in [-0.39, 0.29) is 17.9 Å². The summed E-state index contributed by atoms with van der Waals surface area (Å²) >= 11 is 0. The van der Waals surface area contributed by atoms with Gasteiger partial charge in [0.05, 0.1) is 14.6 Å². The molecule has 1 rings (SSSR count). The molecule has 0 saturated carbocycles. The van der Waals surface area contributed by atoms with Crippen LogP contribution in [0.1, 0.15) is 26.2 Å². The highest BCUT2D eigenvalue weighted by Crippen LogP contribution is 2.24. The Labute approximate surface area is 113 Å². The van der Waals surface area contributed by atoms with Gasteiger partial charge in [-0.25, -0.2) is 8.51 Å². The van der Waals surface area contributed by atoms with E-state index in [1.807, 2.05) is 0 Å². The van der Waals surface area contributed by atoms with Gasteiger partial charge in [-0.3, -0.25) is 14.9 Å². The minimum Gasteiger partial charge on any atom is -0.300 e. The third-order valence-corrected chi connectivity index (χ3v) is 5.36. The molecule has 1 unspecified atom stereocenters. The second-order valence-corrected chi connectivity index (χ2v) is 6.92. The Morgan fingerprint density at radius 3 is 2.58 bits per heavy atom. The minimum absolute atomic E-state index is 0.0233. The summed E-state index contributed by atoms with van der Waals surface area (Å²) in [5, 5.41) is 10.6. The summed E-state index contributed by atoms with van der Waals surface area (Å²) < 4.78 is 14.1. The van der Waals surface area contributed by atoms with Gasteiger partial charge in [-0.1, -0.05) is 0 Å². The number of ketones is 1. The van der Waals surface area contributed by atoms with Crippen molar-refractivity contribution < 1.29 is 13.9 Å². The van der Waals surface area contributed by atoms with Crippen LogP contribution >= 0.6 is 0 Å². The molecule has 19 heavy (non-hydrogen) atoms. The molecule has 0 aromatic carbocycles. The van der Waals surface area contributed by atoms with Crippen molar-refractivity contribution in [3.05, 3.63) is 32.9 Å². The molecular formula is C12H18N2O4S. The molecule has 0 radical (unpaired) electrons. The van der Waals surface area contributed by atoms with Crippen LogP contribution in [-0.2, 0) is 14.5 Å². The van der Waals surface area contributed by atoms with Crippen LogP contribution in [0, 0.1) is 10.1 Å². The third-order valence-electron chi connectivity index (χ3n) is 3.02. The number of hydrogen-bond donors (Lipinski definition) is 0. The maximum Gasteiger partial charge on any atom is 0.246 e. The van der Waals surface area contributed by atoms with E-state index >= 15 is 0 Å². The van der Waals surface area contributed by atoms with Crippen LogP contribution in [-0.4, -0.2) is 38.7 Å². The second-order valence-electron chi connectivity index (χ2n) is 4.49. The van der Waals surface area contributed by atoms with Crippen molar-refractivity contribution in [2.45, 2.75) is 26.2 Å². The molecule has 0 heterocycles. The van der Waals surface area contributed by atoms with Crippen LogP contribution in [0.15, 0.2) is 22.8 Å². The molecular weight excluding hydrogens is 268 g/mol.